The number of thioether (sulfide) groups is 1. The van der Waals surface area contributed by atoms with Gasteiger partial charge in [0.25, 0.3) is 16.8 Å². The summed E-state index contributed by atoms with van der Waals surface area (Å²) < 4.78 is 18.6. The lowest BCUT2D eigenvalue weighted by molar-refractivity contribution is -0.384. The number of nitrogens with one attached hydrogen (secondary N) is 1. The molecular weight excluding hydrogens is 489 g/mol. The number of carbonyl (C=O) groups excluding carboxylic acids is 3. The number of furan rings is 1. The third kappa shape index (κ3) is 5.00. The molecule has 9 nitrogen and oxygen atoms in total. The Morgan fingerprint density at radius 1 is 1.18 bits per heavy atom. The molecule has 0 radical (unpaired) electrons. The van der Waals surface area contributed by atoms with Crippen molar-refractivity contribution < 1.29 is 28.1 Å². The van der Waals surface area contributed by atoms with Crippen LogP contribution in [0.25, 0.3) is 17.4 Å². The Morgan fingerprint density at radius 3 is 2.59 bits per heavy atom. The number of nitro groups is 1. The van der Waals surface area contributed by atoms with Gasteiger partial charge in [-0.1, -0.05) is 11.6 Å². The van der Waals surface area contributed by atoms with Gasteiger partial charge >= 0.3 is 0 Å². The Bertz CT molecular complexity index is 1350. The molecule has 1 N–H and O–H groups in total. The molecule has 0 spiro atoms. The first-order valence-electron chi connectivity index (χ1n) is 9.56. The summed E-state index contributed by atoms with van der Waals surface area (Å²) in [5, 5.41) is 12.8. The number of nitrogens with zero attached hydrogens (tertiary/aromatic N) is 2. The molecule has 2 heterocycles. The lowest BCUT2D eigenvalue weighted by Crippen LogP contribution is -2.36. The number of carbonyl (C=O) groups is 3. The fraction of sp³-hybridized carbons (Fsp3) is 0.0455. The number of non-ortho nitro benzene ring substituents is 1. The number of benzene rings is 2. The van der Waals surface area contributed by atoms with E-state index < -0.39 is 34.3 Å². The van der Waals surface area contributed by atoms with Gasteiger partial charge in [0.05, 0.1) is 14.9 Å². The van der Waals surface area contributed by atoms with E-state index in [-0.39, 0.29) is 21.4 Å². The topological polar surface area (TPSA) is 123 Å². The van der Waals surface area contributed by atoms with Crippen molar-refractivity contribution in [3.63, 3.8) is 0 Å². The van der Waals surface area contributed by atoms with Crippen LogP contribution in [0.4, 0.5) is 20.6 Å². The van der Waals surface area contributed by atoms with Crippen LogP contribution in [-0.2, 0) is 9.59 Å². The molecule has 4 rings (SSSR count). The molecular formula is C22H13ClFN3O6S. The van der Waals surface area contributed by atoms with Crippen LogP contribution in [0.3, 0.4) is 0 Å². The quantitative estimate of drug-likeness (QED) is 0.275. The molecule has 1 aliphatic rings. The molecule has 3 aromatic rings. The molecule has 1 fully saturated rings. The van der Waals surface area contributed by atoms with Gasteiger partial charge in [-0.3, -0.25) is 29.4 Å². The Morgan fingerprint density at radius 2 is 1.91 bits per heavy atom. The van der Waals surface area contributed by atoms with Crippen molar-refractivity contribution in [3.8, 4) is 11.3 Å². The van der Waals surface area contributed by atoms with E-state index in [0.717, 1.165) is 4.90 Å². The predicted octanol–water partition coefficient (Wildman–Crippen LogP) is 5.32. The molecule has 0 unspecified atom stereocenters. The van der Waals surface area contributed by atoms with E-state index in [1.807, 2.05) is 0 Å². The minimum atomic E-state index is -0.671. The summed E-state index contributed by atoms with van der Waals surface area (Å²) in [5.74, 6) is -1.21. The fourth-order valence-electron chi connectivity index (χ4n) is 3.04. The van der Waals surface area contributed by atoms with E-state index in [1.54, 1.807) is 12.1 Å². The van der Waals surface area contributed by atoms with E-state index in [9.17, 15) is 28.9 Å². The van der Waals surface area contributed by atoms with Gasteiger partial charge in [-0.25, -0.2) is 4.39 Å². The number of rotatable bonds is 6. The minimum Gasteiger partial charge on any atom is -0.457 e. The Balaban J connectivity index is 1.46. The molecule has 0 aliphatic carbocycles. The summed E-state index contributed by atoms with van der Waals surface area (Å²) in [7, 11) is 0. The second-order valence-electron chi connectivity index (χ2n) is 6.95. The summed E-state index contributed by atoms with van der Waals surface area (Å²) in [6.45, 7) is -0.513. The van der Waals surface area contributed by atoms with Crippen LogP contribution >= 0.6 is 23.4 Å². The standard InChI is InChI=1S/C22H13ClFN3O6S/c23-17-9-14(27(31)32)5-7-16(17)18-8-6-15(33-18)10-19-21(29)26(22(30)34-19)11-20(28)25-13-3-1-12(24)2-4-13/h1-10H,11H2,(H,25,28)/b19-10-. The summed E-state index contributed by atoms with van der Waals surface area (Å²) in [5.41, 5.74) is 0.567. The molecule has 1 aromatic heterocycles. The van der Waals surface area contributed by atoms with Gasteiger partial charge in [0, 0.05) is 29.5 Å². The van der Waals surface area contributed by atoms with Gasteiger partial charge in [0.15, 0.2) is 0 Å². The van der Waals surface area contributed by atoms with Crippen molar-refractivity contribution in [2.24, 2.45) is 0 Å². The first-order chi connectivity index (χ1) is 16.2. The van der Waals surface area contributed by atoms with Crippen LogP contribution in [0.15, 0.2) is 63.9 Å². The third-order valence-corrected chi connectivity index (χ3v) is 5.85. The van der Waals surface area contributed by atoms with E-state index in [2.05, 4.69) is 5.32 Å². The first-order valence-corrected chi connectivity index (χ1v) is 10.8. The predicted molar refractivity (Wildman–Crippen MR) is 124 cm³/mol. The zero-order valence-corrected chi connectivity index (χ0v) is 18.6. The zero-order valence-electron chi connectivity index (χ0n) is 17.0. The first kappa shape index (κ1) is 23.2. The average molecular weight is 502 g/mol. The molecule has 0 atom stereocenters. The molecule has 1 saturated heterocycles. The number of halogens is 2. The highest BCUT2D eigenvalue weighted by molar-refractivity contribution is 8.18. The second kappa shape index (κ2) is 9.49. The minimum absolute atomic E-state index is 0.0512. The number of imide groups is 1. The van der Waals surface area contributed by atoms with Crippen molar-refractivity contribution in [1.82, 2.24) is 4.90 Å². The summed E-state index contributed by atoms with van der Waals surface area (Å²) in [4.78, 5) is 48.3. The Labute approximate surface area is 200 Å². The maximum atomic E-state index is 13.0. The summed E-state index contributed by atoms with van der Waals surface area (Å²) in [6, 6.07) is 12.1. The third-order valence-electron chi connectivity index (χ3n) is 4.63. The fourth-order valence-corrected chi connectivity index (χ4v) is 4.12. The number of nitro benzene ring substituents is 1. The van der Waals surface area contributed by atoms with E-state index >= 15 is 0 Å². The molecule has 0 bridgehead atoms. The van der Waals surface area contributed by atoms with Crippen molar-refractivity contribution >= 4 is 57.9 Å². The molecule has 172 valence electrons. The van der Waals surface area contributed by atoms with Gasteiger partial charge < -0.3 is 9.73 Å². The highest BCUT2D eigenvalue weighted by Gasteiger charge is 2.36. The van der Waals surface area contributed by atoms with Gasteiger partial charge in [-0.05, 0) is 54.2 Å². The number of anilines is 1. The maximum Gasteiger partial charge on any atom is 0.294 e. The highest BCUT2D eigenvalue weighted by atomic mass is 35.5. The summed E-state index contributed by atoms with van der Waals surface area (Å²) in [6.07, 6.45) is 1.35. The van der Waals surface area contributed by atoms with Crippen molar-refractivity contribution in [1.29, 1.82) is 0 Å². The van der Waals surface area contributed by atoms with Gasteiger partial charge in [-0.15, -0.1) is 0 Å². The van der Waals surface area contributed by atoms with E-state index in [1.165, 1.54) is 48.5 Å². The Kier molecular flexibility index (Phi) is 6.48. The highest BCUT2D eigenvalue weighted by Crippen LogP contribution is 2.35. The van der Waals surface area contributed by atoms with Crippen LogP contribution in [-0.4, -0.2) is 33.4 Å². The molecule has 2 aromatic carbocycles. The van der Waals surface area contributed by atoms with Gasteiger partial charge in [0.1, 0.15) is 23.9 Å². The average Bonchev–Trinajstić information content (AvgIpc) is 3.35. The molecule has 12 heteroatoms. The van der Waals surface area contributed by atoms with Gasteiger partial charge in [0.2, 0.25) is 5.91 Å². The molecule has 3 amide bonds. The number of hydrogen-bond acceptors (Lipinski definition) is 7. The van der Waals surface area contributed by atoms with Crippen molar-refractivity contribution in [2.75, 3.05) is 11.9 Å². The van der Waals surface area contributed by atoms with Crippen LogP contribution in [0.5, 0.6) is 0 Å². The second-order valence-corrected chi connectivity index (χ2v) is 8.35. The SMILES string of the molecule is O=C(CN1C(=O)S/C(=C\c2ccc(-c3ccc([N+](=O)[O-])cc3Cl)o2)C1=O)Nc1ccc(F)cc1. The molecule has 34 heavy (non-hydrogen) atoms. The number of hydrogen-bond donors (Lipinski definition) is 1. The summed E-state index contributed by atoms with van der Waals surface area (Å²) >= 11 is 6.77. The zero-order chi connectivity index (χ0) is 24.4. The largest absolute Gasteiger partial charge is 0.457 e. The van der Waals surface area contributed by atoms with E-state index in [4.69, 9.17) is 16.0 Å². The van der Waals surface area contributed by atoms with Crippen LogP contribution in [0.2, 0.25) is 5.02 Å². The van der Waals surface area contributed by atoms with Crippen molar-refractivity contribution in [2.45, 2.75) is 0 Å². The molecule has 0 saturated carbocycles. The van der Waals surface area contributed by atoms with Crippen LogP contribution in [0.1, 0.15) is 5.76 Å². The lowest BCUT2D eigenvalue weighted by Gasteiger charge is -2.12. The molecule has 1 aliphatic heterocycles. The van der Waals surface area contributed by atoms with Crippen LogP contribution < -0.4 is 5.32 Å². The monoisotopic (exact) mass is 501 g/mol. The van der Waals surface area contributed by atoms with Crippen molar-refractivity contribution in [3.05, 3.63) is 86.2 Å². The smallest absolute Gasteiger partial charge is 0.294 e. The number of amides is 3. The Hall–Kier alpha value is -3.96. The normalized spacial score (nSPS) is 14.6. The van der Waals surface area contributed by atoms with E-state index in [0.29, 0.717) is 28.8 Å². The lowest BCUT2D eigenvalue weighted by atomic mass is 10.1. The van der Waals surface area contributed by atoms with Crippen LogP contribution in [0, 0.1) is 15.9 Å². The maximum absolute atomic E-state index is 13.0. The van der Waals surface area contributed by atoms with Gasteiger partial charge in [-0.2, -0.15) is 0 Å².